The Morgan fingerprint density at radius 3 is 2.61 bits per heavy atom. The number of carbonyl (C=O) groups excluding carboxylic acids is 1. The number of aliphatic carboxylic acids is 1. The Morgan fingerprint density at radius 2 is 2.00 bits per heavy atom. The molecule has 2 aromatic rings. The Hall–Kier alpha value is -3.02. The van der Waals surface area contributed by atoms with E-state index in [1.807, 2.05) is 0 Å². The van der Waals surface area contributed by atoms with Gasteiger partial charge in [-0.25, -0.2) is 4.79 Å². The molecule has 6 heteroatoms. The van der Waals surface area contributed by atoms with E-state index in [4.69, 9.17) is 19.0 Å². The van der Waals surface area contributed by atoms with E-state index in [1.54, 1.807) is 43.3 Å². The number of benzene rings is 1. The lowest BCUT2D eigenvalue weighted by Crippen LogP contribution is -2.10. The van der Waals surface area contributed by atoms with Crippen molar-refractivity contribution in [3.8, 4) is 11.5 Å². The third-order valence-corrected chi connectivity index (χ3v) is 2.95. The van der Waals surface area contributed by atoms with E-state index in [0.29, 0.717) is 22.8 Å². The van der Waals surface area contributed by atoms with Crippen LogP contribution in [-0.2, 0) is 4.79 Å². The molecule has 0 bridgehead atoms. The van der Waals surface area contributed by atoms with E-state index < -0.39 is 12.6 Å². The zero-order valence-electron chi connectivity index (χ0n) is 12.7. The van der Waals surface area contributed by atoms with Gasteiger partial charge in [-0.1, -0.05) is 12.1 Å². The quantitative estimate of drug-likeness (QED) is 0.624. The van der Waals surface area contributed by atoms with Crippen LogP contribution in [0.1, 0.15) is 21.9 Å². The van der Waals surface area contributed by atoms with Crippen LogP contribution in [0.3, 0.4) is 0 Å². The first-order chi connectivity index (χ1) is 11.0. The summed E-state index contributed by atoms with van der Waals surface area (Å²) in [5.41, 5.74) is 0.709. The number of carboxylic acid groups (broad SMARTS) is 1. The topological polar surface area (TPSA) is 86.0 Å². The van der Waals surface area contributed by atoms with Crippen LogP contribution in [0.25, 0.3) is 6.08 Å². The zero-order valence-corrected chi connectivity index (χ0v) is 12.7. The first-order valence-electron chi connectivity index (χ1n) is 6.81. The summed E-state index contributed by atoms with van der Waals surface area (Å²) in [5.74, 6) is 0.323. The minimum atomic E-state index is -1.07. The maximum Gasteiger partial charge on any atom is 0.341 e. The van der Waals surface area contributed by atoms with Crippen molar-refractivity contribution >= 4 is 17.8 Å². The van der Waals surface area contributed by atoms with Gasteiger partial charge in [-0.3, -0.25) is 4.79 Å². The molecule has 0 aliphatic carbocycles. The van der Waals surface area contributed by atoms with Crippen molar-refractivity contribution in [1.29, 1.82) is 0 Å². The molecule has 120 valence electrons. The van der Waals surface area contributed by atoms with Crippen molar-refractivity contribution in [1.82, 2.24) is 0 Å². The van der Waals surface area contributed by atoms with Crippen LogP contribution in [0, 0.1) is 6.92 Å². The first kappa shape index (κ1) is 16.4. The average molecular weight is 316 g/mol. The third-order valence-electron chi connectivity index (χ3n) is 2.95. The van der Waals surface area contributed by atoms with Crippen LogP contribution in [-0.4, -0.2) is 30.6 Å². The number of carbonyl (C=O) groups is 2. The predicted octanol–water partition coefficient (Wildman–Crippen LogP) is 2.96. The number of carboxylic acids is 1. The number of furan rings is 1. The summed E-state index contributed by atoms with van der Waals surface area (Å²) in [6.07, 6.45) is 3.01. The number of hydrogen-bond acceptors (Lipinski definition) is 5. The minimum absolute atomic E-state index is 0.247. The molecule has 2 rings (SSSR count). The van der Waals surface area contributed by atoms with Gasteiger partial charge in [0, 0.05) is 0 Å². The molecule has 0 amide bonds. The van der Waals surface area contributed by atoms with E-state index in [-0.39, 0.29) is 11.5 Å². The minimum Gasteiger partial charge on any atom is -0.493 e. The van der Waals surface area contributed by atoms with Crippen molar-refractivity contribution in [2.45, 2.75) is 6.92 Å². The van der Waals surface area contributed by atoms with Gasteiger partial charge in [0.25, 0.3) is 0 Å². The Bertz CT molecular complexity index is 741. The molecular formula is C17H16O6. The number of methoxy groups -OCH3 is 1. The van der Waals surface area contributed by atoms with E-state index in [9.17, 15) is 9.59 Å². The molecule has 0 fully saturated rings. The van der Waals surface area contributed by atoms with E-state index in [1.165, 1.54) is 13.2 Å². The van der Waals surface area contributed by atoms with E-state index in [2.05, 4.69) is 0 Å². The number of hydrogen-bond donors (Lipinski definition) is 1. The second-order valence-corrected chi connectivity index (χ2v) is 4.70. The van der Waals surface area contributed by atoms with E-state index >= 15 is 0 Å². The molecule has 0 unspecified atom stereocenters. The molecular weight excluding hydrogens is 300 g/mol. The number of allylic oxidation sites excluding steroid dienone is 1. The maximum atomic E-state index is 11.9. The molecule has 6 nitrogen and oxygen atoms in total. The zero-order chi connectivity index (χ0) is 16.8. The van der Waals surface area contributed by atoms with Gasteiger partial charge >= 0.3 is 5.97 Å². The number of ether oxygens (including phenoxy) is 2. The molecule has 1 aromatic heterocycles. The van der Waals surface area contributed by atoms with Gasteiger partial charge in [0.15, 0.2) is 23.9 Å². The van der Waals surface area contributed by atoms with Gasteiger partial charge in [-0.2, -0.15) is 0 Å². The van der Waals surface area contributed by atoms with Crippen LogP contribution in [0.5, 0.6) is 11.5 Å². The van der Waals surface area contributed by atoms with E-state index in [0.717, 1.165) is 0 Å². The summed E-state index contributed by atoms with van der Waals surface area (Å²) in [5, 5.41) is 8.62. The fraction of sp³-hybridized carbons (Fsp3) is 0.176. The van der Waals surface area contributed by atoms with Crippen molar-refractivity contribution in [3.05, 3.63) is 53.5 Å². The molecule has 0 spiro atoms. The monoisotopic (exact) mass is 316 g/mol. The predicted molar refractivity (Wildman–Crippen MR) is 82.9 cm³/mol. The summed E-state index contributed by atoms with van der Waals surface area (Å²) in [6, 6.07) is 8.26. The Balaban J connectivity index is 2.12. The summed E-state index contributed by atoms with van der Waals surface area (Å²) in [6.45, 7) is 1.31. The average Bonchev–Trinajstić information content (AvgIpc) is 2.97. The summed E-state index contributed by atoms with van der Waals surface area (Å²) in [4.78, 5) is 22.5. The fourth-order valence-electron chi connectivity index (χ4n) is 1.87. The van der Waals surface area contributed by atoms with Crippen molar-refractivity contribution in [2.75, 3.05) is 13.7 Å². The lowest BCUT2D eigenvalue weighted by molar-refractivity contribution is -0.139. The highest BCUT2D eigenvalue weighted by Crippen LogP contribution is 2.28. The normalized spacial score (nSPS) is 10.7. The molecule has 1 N–H and O–H groups in total. The van der Waals surface area contributed by atoms with Gasteiger partial charge in [0.1, 0.15) is 5.76 Å². The highest BCUT2D eigenvalue weighted by molar-refractivity contribution is 6.04. The smallest absolute Gasteiger partial charge is 0.341 e. The maximum absolute atomic E-state index is 11.9. The number of aryl methyl sites for hydroxylation is 1. The largest absolute Gasteiger partial charge is 0.493 e. The summed E-state index contributed by atoms with van der Waals surface area (Å²) in [7, 11) is 1.45. The van der Waals surface area contributed by atoms with Crippen molar-refractivity contribution < 1.29 is 28.6 Å². The van der Waals surface area contributed by atoms with Crippen LogP contribution < -0.4 is 9.47 Å². The lowest BCUT2D eigenvalue weighted by Gasteiger charge is -2.09. The lowest BCUT2D eigenvalue weighted by atomic mass is 10.1. The standard InChI is InChI=1S/C17H16O6/c1-11-3-7-14(23-11)13(18)6-4-12-5-8-15(16(9-12)21-2)22-10-17(19)20/h3-9H,10H2,1-2H3,(H,19,20)/b6-4+. The second kappa shape index (κ2) is 7.31. The molecule has 0 aliphatic heterocycles. The van der Waals surface area contributed by atoms with Crippen molar-refractivity contribution in [3.63, 3.8) is 0 Å². The van der Waals surface area contributed by atoms with Gasteiger partial charge in [-0.05, 0) is 42.8 Å². The van der Waals surface area contributed by atoms with Gasteiger partial charge in [-0.15, -0.1) is 0 Å². The highest BCUT2D eigenvalue weighted by Gasteiger charge is 2.08. The van der Waals surface area contributed by atoms with Crippen LogP contribution in [0.2, 0.25) is 0 Å². The fourth-order valence-corrected chi connectivity index (χ4v) is 1.87. The Kier molecular flexibility index (Phi) is 5.19. The molecule has 0 atom stereocenters. The molecule has 0 aliphatic rings. The van der Waals surface area contributed by atoms with Gasteiger partial charge in [0.2, 0.25) is 5.78 Å². The van der Waals surface area contributed by atoms with Gasteiger partial charge in [0.05, 0.1) is 7.11 Å². The Morgan fingerprint density at radius 1 is 1.22 bits per heavy atom. The molecule has 1 aromatic carbocycles. The van der Waals surface area contributed by atoms with Gasteiger partial charge < -0.3 is 19.0 Å². The number of rotatable bonds is 7. The number of ketones is 1. The summed E-state index contributed by atoms with van der Waals surface area (Å²) < 4.78 is 15.5. The SMILES string of the molecule is COc1cc(/C=C/C(=O)c2ccc(C)o2)ccc1OCC(=O)O. The Labute approximate surface area is 132 Å². The molecule has 1 heterocycles. The molecule has 0 saturated carbocycles. The second-order valence-electron chi connectivity index (χ2n) is 4.70. The first-order valence-corrected chi connectivity index (χ1v) is 6.81. The highest BCUT2D eigenvalue weighted by atomic mass is 16.5. The van der Waals surface area contributed by atoms with Crippen LogP contribution >= 0.6 is 0 Å². The molecule has 0 saturated heterocycles. The molecule has 23 heavy (non-hydrogen) atoms. The summed E-state index contributed by atoms with van der Waals surface area (Å²) >= 11 is 0. The third kappa shape index (κ3) is 4.47. The van der Waals surface area contributed by atoms with Crippen molar-refractivity contribution in [2.24, 2.45) is 0 Å². The van der Waals surface area contributed by atoms with Crippen LogP contribution in [0.15, 0.2) is 40.8 Å². The van der Waals surface area contributed by atoms with Crippen LogP contribution in [0.4, 0.5) is 0 Å². The molecule has 0 radical (unpaired) electrons.